The molecule has 3 aromatic carbocycles. The van der Waals surface area contributed by atoms with Crippen molar-refractivity contribution in [3.05, 3.63) is 94.5 Å². The summed E-state index contributed by atoms with van der Waals surface area (Å²) in [5.74, 6) is -1.02. The molecule has 2 fully saturated rings. The summed E-state index contributed by atoms with van der Waals surface area (Å²) in [5.41, 5.74) is 1.67. The number of halogens is 2. The molecular weight excluding hydrogens is 673 g/mol. The van der Waals surface area contributed by atoms with Crippen molar-refractivity contribution < 1.29 is 28.3 Å². The van der Waals surface area contributed by atoms with Crippen molar-refractivity contribution in [2.24, 2.45) is 5.92 Å². The number of nitrogens with zero attached hydrogens (tertiary/aromatic N) is 3. The molecule has 1 spiro atoms. The Labute approximate surface area is 300 Å². The zero-order valence-electron chi connectivity index (χ0n) is 29.1. The highest BCUT2D eigenvalue weighted by Crippen LogP contribution is 2.60. The molecule has 3 heterocycles. The van der Waals surface area contributed by atoms with Gasteiger partial charge >= 0.3 is 0 Å². The Morgan fingerprint density at radius 3 is 2.44 bits per heavy atom. The molecule has 266 valence electrons. The number of amides is 3. The molecule has 3 aliphatic rings. The lowest BCUT2D eigenvalue weighted by Gasteiger charge is -2.31. The number of anilines is 2. The van der Waals surface area contributed by atoms with E-state index in [0.29, 0.717) is 35.8 Å². The third-order valence-electron chi connectivity index (χ3n) is 10.6. The van der Waals surface area contributed by atoms with E-state index in [2.05, 4.69) is 0 Å². The molecule has 11 heteroatoms. The number of aliphatic hydroxyl groups excluding tert-OH is 1. The van der Waals surface area contributed by atoms with Crippen molar-refractivity contribution >= 4 is 49.1 Å². The summed E-state index contributed by atoms with van der Waals surface area (Å²) in [6, 6.07) is 22.5. The van der Waals surface area contributed by atoms with E-state index in [-0.39, 0.29) is 43.8 Å². The van der Waals surface area contributed by atoms with E-state index >= 15 is 4.11 Å². The summed E-state index contributed by atoms with van der Waals surface area (Å²) >= 11 is 6.55. The van der Waals surface area contributed by atoms with Gasteiger partial charge < -0.3 is 28.7 Å². The Bertz CT molecular complexity index is 1700. The lowest BCUT2D eigenvalue weighted by molar-refractivity contribution is -0.150. The van der Waals surface area contributed by atoms with Crippen LogP contribution >= 0.6 is 11.6 Å². The summed E-state index contributed by atoms with van der Waals surface area (Å²) < 4.78 is 23.2. The van der Waals surface area contributed by atoms with Crippen LogP contribution in [0.25, 0.3) is 0 Å². The molecule has 3 aliphatic heterocycles. The van der Waals surface area contributed by atoms with Crippen LogP contribution in [-0.2, 0) is 37.8 Å². The molecule has 0 aromatic heterocycles. The highest BCUT2D eigenvalue weighted by atomic mass is 35.5. The lowest BCUT2D eigenvalue weighted by atomic mass is 9.82. The SMILES string of the molecule is C[C@H]1[C@H]([Si](C)(C)F)[C@@H](CC(=O)N(CCO)Cc2ccccc2)O[C@]12C(=O)N(Cc1ccc(N3CCCCCCC3=O)cc1)c1ccc(Cl)cc12. The van der Waals surface area contributed by atoms with Crippen molar-refractivity contribution in [1.82, 2.24) is 4.90 Å². The van der Waals surface area contributed by atoms with Crippen LogP contribution in [0.5, 0.6) is 0 Å². The first-order valence-electron chi connectivity index (χ1n) is 17.7. The molecule has 50 heavy (non-hydrogen) atoms. The maximum Gasteiger partial charge on any atom is 0.264 e. The van der Waals surface area contributed by atoms with Gasteiger partial charge in [0.15, 0.2) is 5.60 Å². The van der Waals surface area contributed by atoms with Gasteiger partial charge in [0.2, 0.25) is 20.2 Å². The van der Waals surface area contributed by atoms with Gasteiger partial charge in [0.1, 0.15) is 0 Å². The summed E-state index contributed by atoms with van der Waals surface area (Å²) in [6.45, 7) is 6.22. The standard InChI is InChI=1S/C39H47ClFN3O5Si/c1-27-37(50(2,3)41)34(24-36(47)42(21-22-45)25-28-11-7-6-8-12-28)49-39(27)32-23-30(40)16-19-33(32)44(38(39)48)26-29-14-17-31(18-15-29)43-20-10-5-4-9-13-35(43)46/h6-8,11-12,14-19,23,27,34,37,45H,4-5,9-10,13,20-22,24-26H2,1-3H3/t27-,34+,37-,39+/m0/s1. The van der Waals surface area contributed by atoms with Crippen LogP contribution in [0.4, 0.5) is 15.5 Å². The second kappa shape index (κ2) is 15.0. The molecule has 1 N–H and O–H groups in total. The van der Waals surface area contributed by atoms with Crippen molar-refractivity contribution in [3.63, 3.8) is 0 Å². The van der Waals surface area contributed by atoms with E-state index in [1.807, 2.05) is 72.5 Å². The molecule has 4 atom stereocenters. The fourth-order valence-corrected chi connectivity index (χ4v) is 11.0. The van der Waals surface area contributed by atoms with Crippen LogP contribution in [0.3, 0.4) is 0 Å². The molecule has 3 aromatic rings. The minimum absolute atomic E-state index is 0.121. The van der Waals surface area contributed by atoms with Gasteiger partial charge in [-0.15, -0.1) is 0 Å². The third-order valence-corrected chi connectivity index (χ3v) is 13.3. The topological polar surface area (TPSA) is 90.4 Å². The molecular formula is C39H47ClFN3O5Si. The fraction of sp³-hybridized carbons (Fsp3) is 0.462. The van der Waals surface area contributed by atoms with E-state index in [4.69, 9.17) is 16.3 Å². The Kier molecular flexibility index (Phi) is 10.8. The molecule has 6 rings (SSSR count). The van der Waals surface area contributed by atoms with E-state index in [1.165, 1.54) is 0 Å². The average molecular weight is 720 g/mol. The summed E-state index contributed by atoms with van der Waals surface area (Å²) in [6.07, 6.45) is 3.63. The van der Waals surface area contributed by atoms with Gasteiger partial charge in [-0.2, -0.15) is 0 Å². The Balaban J connectivity index is 1.29. The number of rotatable bonds is 10. The third kappa shape index (κ3) is 7.13. The highest BCUT2D eigenvalue weighted by Gasteiger charge is 2.67. The van der Waals surface area contributed by atoms with Crippen molar-refractivity contribution in [2.45, 2.75) is 88.9 Å². The van der Waals surface area contributed by atoms with Gasteiger partial charge in [0.05, 0.1) is 31.4 Å². The second-order valence-corrected chi connectivity index (χ2v) is 18.7. The van der Waals surface area contributed by atoms with Gasteiger partial charge in [-0.3, -0.25) is 14.4 Å². The molecule has 0 unspecified atom stereocenters. The minimum atomic E-state index is -3.52. The van der Waals surface area contributed by atoms with Crippen LogP contribution in [0.15, 0.2) is 72.8 Å². The van der Waals surface area contributed by atoms with Gasteiger partial charge in [0, 0.05) is 53.8 Å². The van der Waals surface area contributed by atoms with Crippen LogP contribution in [0, 0.1) is 5.92 Å². The van der Waals surface area contributed by atoms with Crippen LogP contribution in [0.1, 0.15) is 62.1 Å². The number of hydrogen-bond donors (Lipinski definition) is 1. The van der Waals surface area contributed by atoms with Crippen molar-refractivity contribution in [1.29, 1.82) is 0 Å². The predicted octanol–water partition coefficient (Wildman–Crippen LogP) is 7.37. The van der Waals surface area contributed by atoms with Crippen molar-refractivity contribution in [3.8, 4) is 0 Å². The smallest absolute Gasteiger partial charge is 0.264 e. The normalized spacial score (nSPS) is 24.0. The zero-order valence-corrected chi connectivity index (χ0v) is 30.9. The number of carbonyl (C=O) groups is 3. The number of ether oxygens (including phenoxy) is 1. The lowest BCUT2D eigenvalue weighted by Crippen LogP contribution is -2.45. The first kappa shape index (κ1) is 36.2. The molecule has 0 saturated carbocycles. The summed E-state index contributed by atoms with van der Waals surface area (Å²) in [5, 5.41) is 10.2. The summed E-state index contributed by atoms with van der Waals surface area (Å²) in [4.78, 5) is 46.6. The number of hydrogen-bond acceptors (Lipinski definition) is 5. The number of aliphatic hydroxyl groups is 1. The van der Waals surface area contributed by atoms with Crippen LogP contribution < -0.4 is 9.80 Å². The average Bonchev–Trinajstić information content (AvgIpc) is 3.49. The Hall–Kier alpha value is -3.57. The molecule has 0 radical (unpaired) electrons. The number of benzene rings is 3. The van der Waals surface area contributed by atoms with Crippen LogP contribution in [-0.4, -0.2) is 61.9 Å². The quantitative estimate of drug-likeness (QED) is 0.175. The van der Waals surface area contributed by atoms with Crippen LogP contribution in [0.2, 0.25) is 23.7 Å². The van der Waals surface area contributed by atoms with Gasteiger partial charge in [-0.25, -0.2) is 0 Å². The second-order valence-electron chi connectivity index (χ2n) is 14.4. The van der Waals surface area contributed by atoms with Crippen molar-refractivity contribution in [2.75, 3.05) is 29.5 Å². The van der Waals surface area contributed by atoms with E-state index in [0.717, 1.165) is 42.5 Å². The molecule has 8 nitrogen and oxygen atoms in total. The predicted molar refractivity (Wildman–Crippen MR) is 196 cm³/mol. The number of fused-ring (bicyclic) bond motifs is 2. The Morgan fingerprint density at radius 2 is 1.74 bits per heavy atom. The highest BCUT2D eigenvalue weighted by molar-refractivity contribution is 6.72. The maximum atomic E-state index is 16.4. The first-order valence-corrected chi connectivity index (χ1v) is 21.1. The molecule has 3 amide bonds. The van der Waals surface area contributed by atoms with E-state index in [9.17, 15) is 19.5 Å². The number of carbonyl (C=O) groups excluding carboxylic acids is 3. The fourth-order valence-electron chi connectivity index (χ4n) is 8.29. The first-order chi connectivity index (χ1) is 23.9. The molecule has 0 bridgehead atoms. The van der Waals surface area contributed by atoms with E-state index < -0.39 is 31.6 Å². The molecule has 0 aliphatic carbocycles. The zero-order chi connectivity index (χ0) is 35.6. The largest absolute Gasteiger partial charge is 0.395 e. The van der Waals surface area contributed by atoms with Gasteiger partial charge in [-0.1, -0.05) is 73.8 Å². The minimum Gasteiger partial charge on any atom is -0.395 e. The van der Waals surface area contributed by atoms with E-state index in [1.54, 1.807) is 35.0 Å². The monoisotopic (exact) mass is 719 g/mol. The summed E-state index contributed by atoms with van der Waals surface area (Å²) in [7, 11) is -3.52. The maximum absolute atomic E-state index is 16.4. The molecule has 2 saturated heterocycles. The van der Waals surface area contributed by atoms with Gasteiger partial charge in [-0.05, 0) is 67.4 Å². The Morgan fingerprint density at radius 1 is 1.02 bits per heavy atom. The van der Waals surface area contributed by atoms with Gasteiger partial charge in [0.25, 0.3) is 5.91 Å².